The third-order valence-corrected chi connectivity index (χ3v) is 12.4. The Labute approximate surface area is 274 Å². The minimum atomic E-state index is -0.519. The molecule has 0 saturated heterocycles. The van der Waals surface area contributed by atoms with Gasteiger partial charge in [-0.25, -0.2) is 0 Å². The van der Waals surface area contributed by atoms with Gasteiger partial charge in [0.05, 0.1) is 0 Å². The van der Waals surface area contributed by atoms with Crippen molar-refractivity contribution in [3.8, 4) is 0 Å². The number of hydrogen-bond acceptors (Lipinski definition) is 1. The summed E-state index contributed by atoms with van der Waals surface area (Å²) in [6.07, 6.45) is 16.7. The number of benzene rings is 4. The minimum absolute atomic E-state index is 0. The molecule has 216 valence electrons. The molecule has 6 rings (SSSR count). The van der Waals surface area contributed by atoms with Gasteiger partial charge < -0.3 is 4.90 Å². The summed E-state index contributed by atoms with van der Waals surface area (Å²) in [4.78, 5) is 2.34. The van der Waals surface area contributed by atoms with Crippen LogP contribution in [0.5, 0.6) is 0 Å². The molecule has 0 heterocycles. The molecule has 2 fully saturated rings. The minimum Gasteiger partial charge on any atom is -0.306 e. The van der Waals surface area contributed by atoms with E-state index in [0.717, 1.165) is 6.42 Å². The van der Waals surface area contributed by atoms with Crippen molar-refractivity contribution in [2.45, 2.75) is 19.4 Å². The molecule has 2 aliphatic carbocycles. The number of rotatable bonds is 9. The maximum atomic E-state index is 2.34. The molecule has 43 heavy (non-hydrogen) atoms. The molecule has 0 bridgehead atoms. The Bertz CT molecular complexity index is 1220. The zero-order valence-corrected chi connectivity index (χ0v) is 28.0. The Morgan fingerprint density at radius 1 is 0.512 bits per heavy atom. The zero-order chi connectivity index (χ0) is 29.1. The van der Waals surface area contributed by atoms with E-state index in [2.05, 4.69) is 192 Å². The molecule has 0 amide bonds. The van der Waals surface area contributed by atoms with Crippen molar-refractivity contribution in [3.63, 3.8) is 0 Å². The molecule has 4 aromatic carbocycles. The number of nitrogens with zero attached hydrogens (tertiary/aromatic N) is 1. The van der Waals surface area contributed by atoms with Gasteiger partial charge >= 0.3 is 17.1 Å². The first-order chi connectivity index (χ1) is 20.7. The Kier molecular flexibility index (Phi) is 14.0. The molecule has 0 aliphatic heterocycles. The van der Waals surface area contributed by atoms with E-state index in [-0.39, 0.29) is 17.1 Å². The molecule has 2 saturated carbocycles. The van der Waals surface area contributed by atoms with E-state index in [4.69, 9.17) is 0 Å². The first-order valence-corrected chi connectivity index (χ1v) is 17.3. The molecule has 1 atom stereocenters. The molecule has 10 radical (unpaired) electrons. The third-order valence-electron chi connectivity index (χ3n) is 7.40. The summed E-state index contributed by atoms with van der Waals surface area (Å²) in [5.74, 6) is 1.47. The van der Waals surface area contributed by atoms with Crippen molar-refractivity contribution in [2.24, 2.45) is 0 Å². The quantitative estimate of drug-likeness (QED) is 0.134. The van der Waals surface area contributed by atoms with Crippen LogP contribution in [0.3, 0.4) is 0 Å². The maximum absolute atomic E-state index is 2.34. The van der Waals surface area contributed by atoms with Crippen molar-refractivity contribution in [1.29, 1.82) is 0 Å². The number of hydrogen-bond donors (Lipinski definition) is 0. The standard InChI is InChI=1S/C22H25NP.C17H14P.Fe/c1-4-21(23(2)3)20-16-11-17-22(20)24(18-12-7-5-8-13-18)19-14-9-6-10-15-19;1-3-9-15(10-4-1)18(17-13-7-8-14-17)16-11-5-2-6-12-16;/h5-17,21H,4H2,1-3H3;1-14H;/q;;+2/t21-;;/m1../s1. The summed E-state index contributed by atoms with van der Waals surface area (Å²) >= 11 is 0. The first-order valence-electron chi connectivity index (χ1n) is 14.6. The summed E-state index contributed by atoms with van der Waals surface area (Å²) < 4.78 is 0. The summed E-state index contributed by atoms with van der Waals surface area (Å²) in [7, 11) is 3.43. The van der Waals surface area contributed by atoms with Crippen LogP contribution in [-0.4, -0.2) is 25.0 Å². The van der Waals surface area contributed by atoms with Gasteiger partial charge in [0.2, 0.25) is 0 Å². The average molecular weight is 640 g/mol. The van der Waals surface area contributed by atoms with Gasteiger partial charge in [-0.15, -0.1) is 0 Å². The fourth-order valence-corrected chi connectivity index (χ4v) is 10.3. The Morgan fingerprint density at radius 2 is 0.907 bits per heavy atom. The van der Waals surface area contributed by atoms with Gasteiger partial charge in [0.25, 0.3) is 0 Å². The molecule has 4 aromatic rings. The monoisotopic (exact) mass is 639 g/mol. The second-order valence-corrected chi connectivity index (χ2v) is 14.8. The van der Waals surface area contributed by atoms with Crippen molar-refractivity contribution in [1.82, 2.24) is 4.90 Å². The SMILES string of the molecule is CC[C@H]([C]1[CH][CH][CH][C]1P(c1ccccc1)c1ccccc1)N(C)C.[CH]1[CH][CH][C](P(c2ccccc2)c2ccccc2)[CH]1.[Fe+2]. The van der Waals surface area contributed by atoms with E-state index >= 15 is 0 Å². The van der Waals surface area contributed by atoms with Crippen LogP contribution >= 0.6 is 15.8 Å². The predicted molar refractivity (Wildman–Crippen MR) is 186 cm³/mol. The molecule has 0 aromatic heterocycles. The van der Waals surface area contributed by atoms with Crippen molar-refractivity contribution < 1.29 is 17.1 Å². The van der Waals surface area contributed by atoms with Gasteiger partial charge in [0, 0.05) is 23.3 Å². The summed E-state index contributed by atoms with van der Waals surface area (Å²) in [6.45, 7) is 2.27. The van der Waals surface area contributed by atoms with Crippen LogP contribution in [0.2, 0.25) is 0 Å². The van der Waals surface area contributed by atoms with Crippen LogP contribution < -0.4 is 21.2 Å². The fourth-order valence-electron chi connectivity index (χ4n) is 5.47. The second-order valence-electron chi connectivity index (χ2n) is 10.4. The zero-order valence-electron chi connectivity index (χ0n) is 25.1. The normalized spacial score (nSPS) is 16.7. The Morgan fingerprint density at radius 3 is 1.28 bits per heavy atom. The van der Waals surface area contributed by atoms with Crippen LogP contribution in [0.15, 0.2) is 121 Å². The largest absolute Gasteiger partial charge is 2.00 e. The summed E-state index contributed by atoms with van der Waals surface area (Å²) in [5.41, 5.74) is 2.91. The van der Waals surface area contributed by atoms with Crippen molar-refractivity contribution in [3.05, 3.63) is 184 Å². The molecule has 0 spiro atoms. The van der Waals surface area contributed by atoms with E-state index in [0.29, 0.717) is 6.04 Å². The first kappa shape index (κ1) is 34.1. The summed E-state index contributed by atoms with van der Waals surface area (Å²) in [5, 5.41) is 5.65. The summed E-state index contributed by atoms with van der Waals surface area (Å²) in [6, 6.07) is 43.9. The van der Waals surface area contributed by atoms with E-state index in [1.54, 1.807) is 0 Å². The molecule has 0 N–H and O–H groups in total. The third kappa shape index (κ3) is 8.91. The van der Waals surface area contributed by atoms with E-state index < -0.39 is 15.8 Å². The van der Waals surface area contributed by atoms with Crippen molar-refractivity contribution in [2.75, 3.05) is 14.1 Å². The van der Waals surface area contributed by atoms with Gasteiger partial charge in [-0.3, -0.25) is 0 Å². The molecule has 0 unspecified atom stereocenters. The van der Waals surface area contributed by atoms with Crippen LogP contribution in [0.4, 0.5) is 0 Å². The van der Waals surface area contributed by atoms with Crippen LogP contribution in [0, 0.1) is 62.2 Å². The molecule has 4 heteroatoms. The molecular weight excluding hydrogens is 600 g/mol. The van der Waals surface area contributed by atoms with Gasteiger partial charge in [-0.2, -0.15) is 0 Å². The van der Waals surface area contributed by atoms with Gasteiger partial charge in [0.1, 0.15) is 0 Å². The van der Waals surface area contributed by atoms with Gasteiger partial charge in [-0.1, -0.05) is 128 Å². The molecule has 1 nitrogen and oxygen atoms in total. The predicted octanol–water partition coefficient (Wildman–Crippen LogP) is 7.67. The van der Waals surface area contributed by atoms with Crippen molar-refractivity contribution >= 4 is 37.1 Å². The van der Waals surface area contributed by atoms with Crippen LogP contribution in [-0.2, 0) is 17.1 Å². The molecule has 2 aliphatic rings. The smallest absolute Gasteiger partial charge is 0.306 e. The molecular formula is C39H39FeNP2+2. The average Bonchev–Trinajstić information content (AvgIpc) is 3.74. The van der Waals surface area contributed by atoms with Crippen LogP contribution in [0.25, 0.3) is 0 Å². The van der Waals surface area contributed by atoms with Gasteiger partial charge in [-0.05, 0) is 103 Å². The Balaban J connectivity index is 0.000000199. The fraction of sp³-hybridized carbons (Fsp3) is 0.128. The van der Waals surface area contributed by atoms with E-state index in [1.807, 2.05) is 0 Å². The van der Waals surface area contributed by atoms with Gasteiger partial charge in [0.15, 0.2) is 0 Å². The van der Waals surface area contributed by atoms with E-state index in [1.165, 1.54) is 38.5 Å². The van der Waals surface area contributed by atoms with Crippen LogP contribution in [0.1, 0.15) is 13.3 Å². The van der Waals surface area contributed by atoms with E-state index in [9.17, 15) is 0 Å². The second kappa shape index (κ2) is 17.6. The Hall–Kier alpha value is -1.78. The topological polar surface area (TPSA) is 3.24 Å². The maximum Gasteiger partial charge on any atom is 2.00 e.